The minimum absolute atomic E-state index is 0.0442. The third kappa shape index (κ3) is 5.22. The van der Waals surface area contributed by atoms with Gasteiger partial charge in [0.05, 0.1) is 10.5 Å². The molecule has 0 heterocycles. The molecule has 0 fully saturated rings. The molecule has 0 saturated carbocycles. The van der Waals surface area contributed by atoms with E-state index in [2.05, 4.69) is 23.7 Å². The Hall–Kier alpha value is -4.02. The highest BCUT2D eigenvalue weighted by Crippen LogP contribution is 2.17. The Morgan fingerprint density at radius 1 is 0.778 bits per heavy atom. The maximum absolute atomic E-state index is 10.6. The molecule has 0 amide bonds. The predicted molar refractivity (Wildman–Crippen MR) is 104 cm³/mol. The summed E-state index contributed by atoms with van der Waals surface area (Å²) in [6.07, 6.45) is 0. The molecule has 3 aromatic carbocycles. The van der Waals surface area contributed by atoms with Crippen LogP contribution in [0, 0.1) is 33.8 Å². The molecule has 0 unspecified atom stereocenters. The highest BCUT2D eigenvalue weighted by molar-refractivity contribution is 5.49. The fourth-order valence-corrected chi connectivity index (χ4v) is 2.28. The van der Waals surface area contributed by atoms with Crippen LogP contribution in [-0.4, -0.2) is 11.5 Å². The fraction of sp³-hybridized carbons (Fsp3) is 0.0435. The second-order valence-electron chi connectivity index (χ2n) is 5.51. The van der Waals surface area contributed by atoms with E-state index in [1.54, 1.807) is 12.1 Å². The molecule has 0 aliphatic rings. The molecule has 0 spiro atoms. The monoisotopic (exact) mass is 353 g/mol. The van der Waals surface area contributed by atoms with E-state index in [1.165, 1.54) is 12.1 Å². The van der Waals surface area contributed by atoms with Gasteiger partial charge in [0.25, 0.3) is 5.69 Å². The van der Waals surface area contributed by atoms with Crippen molar-refractivity contribution in [3.05, 3.63) is 106 Å². The van der Waals surface area contributed by atoms with Crippen LogP contribution in [0.3, 0.4) is 0 Å². The minimum atomic E-state index is -0.437. The number of nitro benzene ring substituents is 1. The van der Waals surface area contributed by atoms with Crippen molar-refractivity contribution < 1.29 is 9.66 Å². The molecule has 0 N–H and O–H groups in total. The first kappa shape index (κ1) is 17.8. The minimum Gasteiger partial charge on any atom is -0.480 e. The summed E-state index contributed by atoms with van der Waals surface area (Å²) < 4.78 is 5.72. The first-order valence-electron chi connectivity index (χ1n) is 8.24. The summed E-state index contributed by atoms with van der Waals surface area (Å²) in [6, 6.07) is 23.4. The standard InChI is InChI=1S/C23H15NO3/c25-24(26)22-16-13-20(14-17-22)9-6-18-27-23-11-5-4-10-21(23)15-12-19-7-2-1-3-8-19/h1-5,7-8,10-11,13-14,16-17H,18H2. The maximum Gasteiger partial charge on any atom is 0.269 e. The van der Waals surface area contributed by atoms with Gasteiger partial charge in [-0.3, -0.25) is 10.1 Å². The highest BCUT2D eigenvalue weighted by Gasteiger charge is 2.02. The number of hydrogen-bond donors (Lipinski definition) is 0. The summed E-state index contributed by atoms with van der Waals surface area (Å²) in [5.41, 5.74) is 2.47. The molecular weight excluding hydrogens is 338 g/mol. The molecule has 130 valence electrons. The summed E-state index contributed by atoms with van der Waals surface area (Å²) in [5.74, 6) is 12.7. The van der Waals surface area contributed by atoms with Crippen molar-refractivity contribution in [3.63, 3.8) is 0 Å². The van der Waals surface area contributed by atoms with E-state index in [0.29, 0.717) is 11.3 Å². The van der Waals surface area contributed by atoms with Crippen molar-refractivity contribution in [2.75, 3.05) is 6.61 Å². The number of nitro groups is 1. The summed E-state index contributed by atoms with van der Waals surface area (Å²) in [4.78, 5) is 10.2. The second-order valence-corrected chi connectivity index (χ2v) is 5.51. The SMILES string of the molecule is O=[N+]([O-])c1ccc(C#CCOc2ccccc2C#Cc2ccccc2)cc1. The number of benzene rings is 3. The Labute approximate surface area is 157 Å². The fourth-order valence-electron chi connectivity index (χ4n) is 2.28. The number of hydrogen-bond acceptors (Lipinski definition) is 3. The van der Waals surface area contributed by atoms with E-state index < -0.39 is 4.92 Å². The van der Waals surface area contributed by atoms with Gasteiger partial charge >= 0.3 is 0 Å². The topological polar surface area (TPSA) is 52.4 Å². The van der Waals surface area contributed by atoms with Crippen LogP contribution in [0.5, 0.6) is 5.75 Å². The first-order chi connectivity index (χ1) is 13.2. The van der Waals surface area contributed by atoms with Crippen LogP contribution < -0.4 is 4.74 Å². The highest BCUT2D eigenvalue weighted by atomic mass is 16.6. The molecule has 0 atom stereocenters. The molecular formula is C23H15NO3. The van der Waals surface area contributed by atoms with Crippen LogP contribution in [0.4, 0.5) is 5.69 Å². The lowest BCUT2D eigenvalue weighted by Gasteiger charge is -2.04. The zero-order valence-corrected chi connectivity index (χ0v) is 14.4. The smallest absolute Gasteiger partial charge is 0.269 e. The Balaban J connectivity index is 1.66. The molecule has 27 heavy (non-hydrogen) atoms. The van der Waals surface area contributed by atoms with E-state index in [1.807, 2.05) is 54.6 Å². The molecule has 0 saturated heterocycles. The summed E-state index contributed by atoms with van der Waals surface area (Å²) in [5, 5.41) is 10.6. The molecule has 0 radical (unpaired) electrons. The molecule has 0 bridgehead atoms. The molecule has 0 aromatic heterocycles. The van der Waals surface area contributed by atoms with Crippen LogP contribution >= 0.6 is 0 Å². The third-order valence-corrected chi connectivity index (χ3v) is 3.61. The van der Waals surface area contributed by atoms with Crippen LogP contribution in [0.15, 0.2) is 78.9 Å². The van der Waals surface area contributed by atoms with Crippen molar-refractivity contribution in [1.29, 1.82) is 0 Å². The zero-order valence-electron chi connectivity index (χ0n) is 14.4. The van der Waals surface area contributed by atoms with Crippen LogP contribution in [-0.2, 0) is 0 Å². The normalized spacial score (nSPS) is 9.33. The second kappa shape index (κ2) is 8.89. The van der Waals surface area contributed by atoms with Gasteiger partial charge in [-0.1, -0.05) is 54.0 Å². The molecule has 4 nitrogen and oxygen atoms in total. The predicted octanol–water partition coefficient (Wildman–Crippen LogP) is 4.43. The van der Waals surface area contributed by atoms with E-state index in [0.717, 1.165) is 11.1 Å². The van der Waals surface area contributed by atoms with Gasteiger partial charge < -0.3 is 4.74 Å². The zero-order chi connectivity index (χ0) is 18.9. The molecule has 0 aliphatic heterocycles. The Kier molecular flexibility index (Phi) is 5.86. The number of non-ortho nitro benzene ring substituents is 1. The summed E-state index contributed by atoms with van der Waals surface area (Å²) >= 11 is 0. The molecule has 4 heteroatoms. The van der Waals surface area contributed by atoms with E-state index in [-0.39, 0.29) is 12.3 Å². The van der Waals surface area contributed by atoms with Gasteiger partial charge in [0.1, 0.15) is 12.4 Å². The lowest BCUT2D eigenvalue weighted by Crippen LogP contribution is -1.96. The number of nitrogens with zero attached hydrogens (tertiary/aromatic N) is 1. The van der Waals surface area contributed by atoms with Crippen molar-refractivity contribution in [2.45, 2.75) is 0 Å². The molecule has 0 aliphatic carbocycles. The van der Waals surface area contributed by atoms with Gasteiger partial charge in [-0.05, 0) is 36.4 Å². The molecule has 3 aromatic rings. The quantitative estimate of drug-likeness (QED) is 0.398. The number of rotatable bonds is 3. The van der Waals surface area contributed by atoms with Crippen molar-refractivity contribution in [3.8, 4) is 29.4 Å². The van der Waals surface area contributed by atoms with Crippen molar-refractivity contribution in [2.24, 2.45) is 0 Å². The number of ether oxygens (including phenoxy) is 1. The maximum atomic E-state index is 10.6. The summed E-state index contributed by atoms with van der Waals surface area (Å²) in [6.45, 7) is 0.195. The van der Waals surface area contributed by atoms with Crippen molar-refractivity contribution >= 4 is 5.69 Å². The van der Waals surface area contributed by atoms with Gasteiger partial charge in [-0.2, -0.15) is 0 Å². The average molecular weight is 353 g/mol. The Morgan fingerprint density at radius 2 is 1.44 bits per heavy atom. The average Bonchev–Trinajstić information content (AvgIpc) is 2.71. The van der Waals surface area contributed by atoms with Gasteiger partial charge in [0.2, 0.25) is 0 Å². The van der Waals surface area contributed by atoms with Gasteiger partial charge in [0, 0.05) is 23.3 Å². The largest absolute Gasteiger partial charge is 0.480 e. The van der Waals surface area contributed by atoms with Crippen LogP contribution in [0.2, 0.25) is 0 Å². The summed E-state index contributed by atoms with van der Waals surface area (Å²) in [7, 11) is 0. The van der Waals surface area contributed by atoms with E-state index >= 15 is 0 Å². The van der Waals surface area contributed by atoms with Crippen LogP contribution in [0.25, 0.3) is 0 Å². The molecule has 3 rings (SSSR count). The van der Waals surface area contributed by atoms with Gasteiger partial charge in [-0.25, -0.2) is 0 Å². The lowest BCUT2D eigenvalue weighted by atomic mass is 10.1. The van der Waals surface area contributed by atoms with E-state index in [9.17, 15) is 10.1 Å². The lowest BCUT2D eigenvalue weighted by molar-refractivity contribution is -0.384. The third-order valence-electron chi connectivity index (χ3n) is 3.61. The first-order valence-corrected chi connectivity index (χ1v) is 8.24. The van der Waals surface area contributed by atoms with Gasteiger partial charge in [0.15, 0.2) is 0 Å². The number of para-hydroxylation sites is 1. The van der Waals surface area contributed by atoms with Gasteiger partial charge in [-0.15, -0.1) is 0 Å². The Morgan fingerprint density at radius 3 is 2.19 bits per heavy atom. The van der Waals surface area contributed by atoms with Crippen molar-refractivity contribution in [1.82, 2.24) is 0 Å². The van der Waals surface area contributed by atoms with Crippen LogP contribution in [0.1, 0.15) is 16.7 Å². The van der Waals surface area contributed by atoms with E-state index in [4.69, 9.17) is 4.74 Å². The Bertz CT molecular complexity index is 1050.